The average molecular weight is 397 g/mol. The molecule has 154 valence electrons. The second kappa shape index (κ2) is 7.75. The molecule has 1 aromatic heterocycles. The molecule has 0 radical (unpaired) electrons. The molecule has 2 atom stereocenters. The van der Waals surface area contributed by atoms with Gasteiger partial charge in [0.15, 0.2) is 6.39 Å². The van der Waals surface area contributed by atoms with Crippen LogP contribution in [-0.4, -0.2) is 33.9 Å². The fourth-order valence-electron chi connectivity index (χ4n) is 4.64. The smallest absolute Gasteiger partial charge is 0.251 e. The number of nitrogens with zero attached hydrogens (tertiary/aromatic N) is 3. The molecule has 2 aromatic rings. The summed E-state index contributed by atoms with van der Waals surface area (Å²) in [6.45, 7) is 8.10. The topological polar surface area (TPSA) is 49.6 Å². The maximum atomic E-state index is 13.8. The van der Waals surface area contributed by atoms with E-state index in [2.05, 4.69) is 30.7 Å². The Bertz CT molecular complexity index is 922. The molecule has 2 aliphatic rings. The molecule has 1 aromatic carbocycles. The summed E-state index contributed by atoms with van der Waals surface area (Å²) in [5.41, 5.74) is 1.23. The number of likely N-dealkylation sites (tertiary alicyclic amines) is 1. The molecule has 0 N–H and O–H groups in total. The van der Waals surface area contributed by atoms with E-state index in [9.17, 15) is 9.18 Å². The molecule has 1 amide bonds. The minimum absolute atomic E-state index is 0.0769. The molecule has 29 heavy (non-hydrogen) atoms. The van der Waals surface area contributed by atoms with Gasteiger partial charge in [-0.15, -0.1) is 0 Å². The number of rotatable bonds is 5. The van der Waals surface area contributed by atoms with E-state index in [4.69, 9.17) is 4.42 Å². The molecule has 0 aliphatic carbocycles. The summed E-state index contributed by atoms with van der Waals surface area (Å²) >= 11 is 0. The highest BCUT2D eigenvalue weighted by atomic mass is 19.1. The highest BCUT2D eigenvalue weighted by Gasteiger charge is 2.46. The van der Waals surface area contributed by atoms with Crippen LogP contribution in [0.2, 0.25) is 0 Å². The van der Waals surface area contributed by atoms with Gasteiger partial charge in [0.25, 0.3) is 5.91 Å². The zero-order chi connectivity index (χ0) is 20.6. The number of aromatic nitrogens is 1. The number of amides is 1. The largest absolute Gasteiger partial charge is 0.448 e. The molecule has 0 bridgehead atoms. The number of carbonyl (C=O) groups is 1. The molecule has 1 spiro atoms. The van der Waals surface area contributed by atoms with Crippen LogP contribution in [0.25, 0.3) is 0 Å². The van der Waals surface area contributed by atoms with Crippen LogP contribution in [0.1, 0.15) is 45.1 Å². The Hall–Kier alpha value is -2.47. The van der Waals surface area contributed by atoms with Crippen molar-refractivity contribution in [1.82, 2.24) is 9.88 Å². The Morgan fingerprint density at radius 1 is 1.38 bits per heavy atom. The van der Waals surface area contributed by atoms with Crippen LogP contribution in [0.3, 0.4) is 0 Å². The van der Waals surface area contributed by atoms with E-state index in [0.29, 0.717) is 11.6 Å². The fourth-order valence-corrected chi connectivity index (χ4v) is 4.64. The molecule has 3 heterocycles. The van der Waals surface area contributed by atoms with Gasteiger partial charge in [-0.2, -0.15) is 0 Å². The van der Waals surface area contributed by atoms with Crippen LogP contribution in [-0.2, 0) is 17.8 Å². The molecule has 6 heteroatoms. The fraction of sp³-hybridized carbons (Fsp3) is 0.478. The molecular formula is C23H28FN3O2. The van der Waals surface area contributed by atoms with Crippen molar-refractivity contribution in [1.29, 1.82) is 0 Å². The van der Waals surface area contributed by atoms with Gasteiger partial charge < -0.3 is 4.42 Å². The highest BCUT2D eigenvalue weighted by Crippen LogP contribution is 2.41. The van der Waals surface area contributed by atoms with E-state index >= 15 is 0 Å². The monoisotopic (exact) mass is 397 g/mol. The Balaban J connectivity index is 1.51. The van der Waals surface area contributed by atoms with Gasteiger partial charge in [0.05, 0.1) is 11.2 Å². The van der Waals surface area contributed by atoms with Crippen molar-refractivity contribution in [2.24, 2.45) is 5.92 Å². The standard InChI is InChI=1S/C23H28FN3O2/c1-16(2)11-21-20(25-15-29-21)14-26-10-9-23(13-17(26)3)8-7-22(28)27(23)19-6-4-5-18(24)12-19/h4-8,12,15-17H,9-11,13-14H2,1-3H3/t17-,23+/m0/s1. The van der Waals surface area contributed by atoms with Gasteiger partial charge in [0, 0.05) is 37.3 Å². The first kappa shape index (κ1) is 19.8. The predicted molar refractivity (Wildman–Crippen MR) is 110 cm³/mol. The first-order valence-corrected chi connectivity index (χ1v) is 10.3. The lowest BCUT2D eigenvalue weighted by atomic mass is 9.82. The van der Waals surface area contributed by atoms with Crippen molar-refractivity contribution in [2.75, 3.05) is 11.4 Å². The minimum Gasteiger partial charge on any atom is -0.448 e. The second-order valence-electron chi connectivity index (χ2n) is 8.68. The maximum Gasteiger partial charge on any atom is 0.251 e. The lowest BCUT2D eigenvalue weighted by Gasteiger charge is -2.47. The molecular weight excluding hydrogens is 369 g/mol. The van der Waals surface area contributed by atoms with E-state index in [0.717, 1.165) is 43.8 Å². The van der Waals surface area contributed by atoms with Gasteiger partial charge in [0.2, 0.25) is 0 Å². The van der Waals surface area contributed by atoms with Gasteiger partial charge in [0.1, 0.15) is 11.6 Å². The number of oxazole rings is 1. The number of hydrogen-bond acceptors (Lipinski definition) is 4. The van der Waals surface area contributed by atoms with Gasteiger partial charge in [-0.1, -0.05) is 26.0 Å². The molecule has 5 nitrogen and oxygen atoms in total. The third-order valence-corrected chi connectivity index (χ3v) is 6.04. The molecule has 1 saturated heterocycles. The van der Waals surface area contributed by atoms with E-state index in [-0.39, 0.29) is 17.8 Å². The lowest BCUT2D eigenvalue weighted by molar-refractivity contribution is -0.114. The first-order chi connectivity index (χ1) is 13.9. The summed E-state index contributed by atoms with van der Waals surface area (Å²) in [5.74, 6) is 1.07. The van der Waals surface area contributed by atoms with Crippen molar-refractivity contribution in [3.05, 3.63) is 60.1 Å². The summed E-state index contributed by atoms with van der Waals surface area (Å²) in [7, 11) is 0. The lowest BCUT2D eigenvalue weighted by Crippen LogP contribution is -2.56. The summed E-state index contributed by atoms with van der Waals surface area (Å²) in [5, 5.41) is 0. The quantitative estimate of drug-likeness (QED) is 0.753. The molecule has 4 rings (SSSR count). The number of carbonyl (C=O) groups excluding carboxylic acids is 1. The van der Waals surface area contributed by atoms with Gasteiger partial charge in [-0.25, -0.2) is 9.37 Å². The Morgan fingerprint density at radius 2 is 2.21 bits per heavy atom. The van der Waals surface area contributed by atoms with Crippen molar-refractivity contribution in [3.63, 3.8) is 0 Å². The maximum absolute atomic E-state index is 13.8. The number of benzene rings is 1. The van der Waals surface area contributed by atoms with E-state index in [1.807, 2.05) is 6.08 Å². The van der Waals surface area contributed by atoms with Crippen LogP contribution in [0.5, 0.6) is 0 Å². The zero-order valence-corrected chi connectivity index (χ0v) is 17.3. The van der Waals surface area contributed by atoms with E-state index in [1.165, 1.54) is 18.5 Å². The predicted octanol–water partition coefficient (Wildman–Crippen LogP) is 4.34. The molecule has 0 saturated carbocycles. The second-order valence-corrected chi connectivity index (χ2v) is 8.68. The summed E-state index contributed by atoms with van der Waals surface area (Å²) in [4.78, 5) is 21.2. The SMILES string of the molecule is CC(C)Cc1ocnc1CN1CC[C@]2(C=CC(=O)N2c2cccc(F)c2)C[C@@H]1C. The van der Waals surface area contributed by atoms with Crippen LogP contribution in [0.15, 0.2) is 47.2 Å². The van der Waals surface area contributed by atoms with Crippen molar-refractivity contribution in [2.45, 2.75) is 58.2 Å². The first-order valence-electron chi connectivity index (χ1n) is 10.3. The summed E-state index contributed by atoms with van der Waals surface area (Å²) < 4.78 is 19.4. The number of halogens is 1. The summed E-state index contributed by atoms with van der Waals surface area (Å²) in [6.07, 6.45) is 7.65. The highest BCUT2D eigenvalue weighted by molar-refractivity contribution is 6.06. The van der Waals surface area contributed by atoms with Crippen LogP contribution in [0.4, 0.5) is 10.1 Å². The zero-order valence-electron chi connectivity index (χ0n) is 17.3. The normalized spacial score (nSPS) is 24.9. The van der Waals surface area contributed by atoms with E-state index in [1.54, 1.807) is 23.1 Å². The average Bonchev–Trinajstić information content (AvgIpc) is 3.21. The Morgan fingerprint density at radius 3 is 2.93 bits per heavy atom. The minimum atomic E-state index is -0.397. The Kier molecular flexibility index (Phi) is 5.30. The summed E-state index contributed by atoms with van der Waals surface area (Å²) in [6, 6.07) is 6.56. The van der Waals surface area contributed by atoms with Crippen molar-refractivity contribution in [3.8, 4) is 0 Å². The number of anilines is 1. The van der Waals surface area contributed by atoms with Crippen molar-refractivity contribution >= 4 is 11.6 Å². The van der Waals surface area contributed by atoms with Crippen LogP contribution in [0, 0.1) is 11.7 Å². The van der Waals surface area contributed by atoms with Crippen molar-refractivity contribution < 1.29 is 13.6 Å². The van der Waals surface area contributed by atoms with E-state index < -0.39 is 5.54 Å². The molecule has 1 fully saturated rings. The third kappa shape index (κ3) is 3.86. The van der Waals surface area contributed by atoms with Gasteiger partial charge in [-0.05, 0) is 43.9 Å². The third-order valence-electron chi connectivity index (χ3n) is 6.04. The number of hydrogen-bond donors (Lipinski definition) is 0. The molecule has 0 unspecified atom stereocenters. The Labute approximate surface area is 171 Å². The van der Waals surface area contributed by atoms with Crippen LogP contribution >= 0.6 is 0 Å². The molecule has 2 aliphatic heterocycles. The van der Waals surface area contributed by atoms with Gasteiger partial charge >= 0.3 is 0 Å². The van der Waals surface area contributed by atoms with Gasteiger partial charge in [-0.3, -0.25) is 14.6 Å². The number of piperidine rings is 1. The van der Waals surface area contributed by atoms with Crippen LogP contribution < -0.4 is 4.90 Å².